The third-order valence-electron chi connectivity index (χ3n) is 5.65. The highest BCUT2D eigenvalue weighted by atomic mass is 32.2. The SMILES string of the molecule is CSc1nc2nc(C)c(CC(=O)NC(CCc3ccccc3)c3ccccc3)c(C)n2n1. The average Bonchev–Trinajstić information content (AvgIpc) is 3.24. The summed E-state index contributed by atoms with van der Waals surface area (Å²) in [7, 11) is 0. The van der Waals surface area contributed by atoms with Crippen molar-refractivity contribution in [3.05, 3.63) is 88.7 Å². The Morgan fingerprint density at radius 3 is 2.41 bits per heavy atom. The molecule has 0 saturated carbocycles. The maximum absolute atomic E-state index is 13.1. The fraction of sp³-hybridized carbons (Fsp3) is 0.280. The topological polar surface area (TPSA) is 72.2 Å². The molecule has 32 heavy (non-hydrogen) atoms. The first-order chi connectivity index (χ1) is 15.5. The monoisotopic (exact) mass is 445 g/mol. The first-order valence-electron chi connectivity index (χ1n) is 10.7. The number of benzene rings is 2. The van der Waals surface area contributed by atoms with Crippen molar-refractivity contribution in [2.45, 2.75) is 44.3 Å². The zero-order valence-corrected chi connectivity index (χ0v) is 19.4. The van der Waals surface area contributed by atoms with Crippen LogP contribution in [0.1, 0.15) is 40.5 Å². The number of aromatic nitrogens is 4. The molecule has 0 fully saturated rings. The third-order valence-corrected chi connectivity index (χ3v) is 6.19. The quantitative estimate of drug-likeness (QED) is 0.405. The summed E-state index contributed by atoms with van der Waals surface area (Å²) in [6, 6.07) is 20.5. The Morgan fingerprint density at radius 1 is 1.03 bits per heavy atom. The number of nitrogens with zero attached hydrogens (tertiary/aromatic N) is 4. The lowest BCUT2D eigenvalue weighted by atomic mass is 9.98. The Labute approximate surface area is 192 Å². The molecular formula is C25H27N5OS. The van der Waals surface area contributed by atoms with Crippen molar-refractivity contribution in [3.63, 3.8) is 0 Å². The van der Waals surface area contributed by atoms with Crippen LogP contribution < -0.4 is 5.32 Å². The van der Waals surface area contributed by atoms with E-state index < -0.39 is 0 Å². The Hall–Kier alpha value is -3.19. The first-order valence-corrected chi connectivity index (χ1v) is 11.9. The summed E-state index contributed by atoms with van der Waals surface area (Å²) in [5, 5.41) is 8.41. The number of rotatable bonds is 8. The van der Waals surface area contributed by atoms with Gasteiger partial charge in [-0.1, -0.05) is 72.4 Å². The third kappa shape index (κ3) is 4.99. The molecule has 1 unspecified atom stereocenters. The lowest BCUT2D eigenvalue weighted by molar-refractivity contribution is -0.121. The summed E-state index contributed by atoms with van der Waals surface area (Å²) in [5.41, 5.74) is 4.98. The molecule has 0 aliphatic carbocycles. The molecule has 0 aliphatic heterocycles. The molecule has 4 aromatic rings. The zero-order valence-electron chi connectivity index (χ0n) is 18.6. The van der Waals surface area contributed by atoms with Gasteiger partial charge >= 0.3 is 0 Å². The normalized spacial score (nSPS) is 12.1. The predicted molar refractivity (Wildman–Crippen MR) is 128 cm³/mol. The van der Waals surface area contributed by atoms with E-state index in [2.05, 4.69) is 44.6 Å². The van der Waals surface area contributed by atoms with Crippen molar-refractivity contribution >= 4 is 23.4 Å². The molecule has 2 aromatic heterocycles. The van der Waals surface area contributed by atoms with E-state index in [1.165, 1.54) is 17.3 Å². The number of carbonyl (C=O) groups excluding carboxylic acids is 1. The molecule has 0 saturated heterocycles. The number of fused-ring (bicyclic) bond motifs is 1. The van der Waals surface area contributed by atoms with E-state index in [-0.39, 0.29) is 18.4 Å². The lowest BCUT2D eigenvalue weighted by Crippen LogP contribution is -2.31. The van der Waals surface area contributed by atoms with Gasteiger partial charge in [-0.15, -0.1) is 5.10 Å². The highest BCUT2D eigenvalue weighted by Crippen LogP contribution is 2.21. The molecule has 2 aromatic carbocycles. The molecule has 6 nitrogen and oxygen atoms in total. The van der Waals surface area contributed by atoms with Crippen molar-refractivity contribution in [1.82, 2.24) is 24.9 Å². The van der Waals surface area contributed by atoms with E-state index in [1.54, 1.807) is 4.52 Å². The van der Waals surface area contributed by atoms with Gasteiger partial charge in [-0.3, -0.25) is 4.79 Å². The summed E-state index contributed by atoms with van der Waals surface area (Å²) < 4.78 is 1.73. The molecule has 1 atom stereocenters. The van der Waals surface area contributed by atoms with Crippen LogP contribution in [-0.4, -0.2) is 31.7 Å². The summed E-state index contributed by atoms with van der Waals surface area (Å²) in [5.74, 6) is 0.544. The van der Waals surface area contributed by atoms with Gasteiger partial charge in [-0.05, 0) is 44.1 Å². The van der Waals surface area contributed by atoms with Crippen LogP contribution in [0.4, 0.5) is 0 Å². The number of hydrogen-bond donors (Lipinski definition) is 1. The minimum absolute atomic E-state index is 0.0236. The lowest BCUT2D eigenvalue weighted by Gasteiger charge is -2.20. The van der Waals surface area contributed by atoms with Crippen molar-refractivity contribution in [1.29, 1.82) is 0 Å². The van der Waals surface area contributed by atoms with Crippen molar-refractivity contribution in [3.8, 4) is 0 Å². The molecule has 0 aliphatic rings. The second kappa shape index (κ2) is 9.96. The van der Waals surface area contributed by atoms with Crippen LogP contribution in [0.5, 0.6) is 0 Å². The van der Waals surface area contributed by atoms with Crippen molar-refractivity contribution < 1.29 is 4.79 Å². The van der Waals surface area contributed by atoms with Crippen LogP contribution in [0, 0.1) is 13.8 Å². The fourth-order valence-corrected chi connectivity index (χ4v) is 4.24. The van der Waals surface area contributed by atoms with E-state index >= 15 is 0 Å². The molecule has 0 bridgehead atoms. The van der Waals surface area contributed by atoms with Crippen LogP contribution in [0.25, 0.3) is 5.78 Å². The molecule has 7 heteroatoms. The Kier molecular flexibility index (Phi) is 6.85. The zero-order chi connectivity index (χ0) is 22.5. The second-order valence-corrected chi connectivity index (χ2v) is 8.58. The minimum Gasteiger partial charge on any atom is -0.349 e. The Balaban J connectivity index is 1.53. The standard InChI is InChI=1S/C25H27N5OS/c1-17-21(18(2)30-24(26-17)28-25(29-30)32-3)16-23(31)27-22(20-12-8-5-9-13-20)15-14-19-10-6-4-7-11-19/h4-13,22H,14-16H2,1-3H3,(H,27,31). The van der Waals surface area contributed by atoms with Gasteiger partial charge in [0.25, 0.3) is 5.78 Å². The molecule has 1 N–H and O–H groups in total. The van der Waals surface area contributed by atoms with E-state index in [9.17, 15) is 4.79 Å². The molecule has 2 heterocycles. The predicted octanol–water partition coefficient (Wildman–Crippen LogP) is 4.50. The molecule has 1 amide bonds. The van der Waals surface area contributed by atoms with Crippen LogP contribution >= 0.6 is 11.8 Å². The highest BCUT2D eigenvalue weighted by molar-refractivity contribution is 7.98. The van der Waals surface area contributed by atoms with E-state index in [4.69, 9.17) is 0 Å². The van der Waals surface area contributed by atoms with Crippen molar-refractivity contribution in [2.75, 3.05) is 6.26 Å². The van der Waals surface area contributed by atoms with Crippen LogP contribution in [0.2, 0.25) is 0 Å². The van der Waals surface area contributed by atoms with Crippen LogP contribution in [0.3, 0.4) is 0 Å². The summed E-state index contributed by atoms with van der Waals surface area (Å²) in [6.45, 7) is 3.89. The number of carbonyl (C=O) groups is 1. The van der Waals surface area contributed by atoms with Crippen LogP contribution in [-0.2, 0) is 17.6 Å². The maximum Gasteiger partial charge on any atom is 0.253 e. The minimum atomic E-state index is -0.0596. The van der Waals surface area contributed by atoms with Gasteiger partial charge < -0.3 is 5.32 Å². The smallest absolute Gasteiger partial charge is 0.253 e. The number of hydrogen-bond acceptors (Lipinski definition) is 5. The summed E-state index contributed by atoms with van der Waals surface area (Å²) in [6.07, 6.45) is 3.91. The second-order valence-electron chi connectivity index (χ2n) is 7.80. The summed E-state index contributed by atoms with van der Waals surface area (Å²) >= 11 is 1.48. The Bertz CT molecular complexity index is 1210. The van der Waals surface area contributed by atoms with Gasteiger partial charge in [-0.25, -0.2) is 9.50 Å². The molecule has 0 spiro atoms. The number of aryl methyl sites for hydroxylation is 3. The summed E-state index contributed by atoms with van der Waals surface area (Å²) in [4.78, 5) is 22.1. The Morgan fingerprint density at radius 2 is 1.72 bits per heavy atom. The van der Waals surface area contributed by atoms with Gasteiger partial charge in [-0.2, -0.15) is 4.98 Å². The molecule has 0 radical (unpaired) electrons. The van der Waals surface area contributed by atoms with E-state index in [0.29, 0.717) is 10.9 Å². The van der Waals surface area contributed by atoms with Gasteiger partial charge in [0.05, 0.1) is 12.5 Å². The van der Waals surface area contributed by atoms with Gasteiger partial charge in [0, 0.05) is 17.0 Å². The number of amides is 1. The van der Waals surface area contributed by atoms with Crippen LogP contribution in [0.15, 0.2) is 65.8 Å². The molecule has 164 valence electrons. The van der Waals surface area contributed by atoms with Gasteiger partial charge in [0.15, 0.2) is 0 Å². The van der Waals surface area contributed by atoms with Gasteiger partial charge in [0.1, 0.15) is 0 Å². The number of thioether (sulfide) groups is 1. The van der Waals surface area contributed by atoms with Gasteiger partial charge in [0.2, 0.25) is 11.1 Å². The fourth-order valence-electron chi connectivity index (χ4n) is 3.90. The van der Waals surface area contributed by atoms with Crippen molar-refractivity contribution in [2.24, 2.45) is 0 Å². The van der Waals surface area contributed by atoms with E-state index in [0.717, 1.165) is 35.4 Å². The largest absolute Gasteiger partial charge is 0.349 e. The molecular weight excluding hydrogens is 418 g/mol. The highest BCUT2D eigenvalue weighted by Gasteiger charge is 2.19. The maximum atomic E-state index is 13.1. The average molecular weight is 446 g/mol. The molecule has 4 rings (SSSR count). The number of nitrogens with one attached hydrogen (secondary N) is 1. The first kappa shape index (κ1) is 22.0. The van der Waals surface area contributed by atoms with E-state index in [1.807, 2.05) is 56.5 Å².